The van der Waals surface area contributed by atoms with Crippen molar-refractivity contribution >= 4 is 5.52 Å². The summed E-state index contributed by atoms with van der Waals surface area (Å²) in [5, 5.41) is 3.98. The molecule has 0 saturated carbocycles. The van der Waals surface area contributed by atoms with Crippen LogP contribution in [-0.2, 0) is 6.18 Å². The van der Waals surface area contributed by atoms with Gasteiger partial charge >= 0.3 is 6.18 Å². The highest BCUT2D eigenvalue weighted by atomic mass is 19.4. The van der Waals surface area contributed by atoms with E-state index in [0.29, 0.717) is 11.2 Å². The van der Waals surface area contributed by atoms with Crippen LogP contribution in [0.1, 0.15) is 31.2 Å². The molecule has 86 valence electrons. The van der Waals surface area contributed by atoms with Gasteiger partial charge < -0.3 is 0 Å². The lowest BCUT2D eigenvalue weighted by molar-refractivity contribution is -0.142. The van der Waals surface area contributed by atoms with Crippen molar-refractivity contribution in [2.75, 3.05) is 0 Å². The first-order valence-electron chi connectivity index (χ1n) is 4.95. The highest BCUT2D eigenvalue weighted by Gasteiger charge is 2.33. The Morgan fingerprint density at radius 3 is 2.50 bits per heavy atom. The van der Waals surface area contributed by atoms with E-state index < -0.39 is 11.9 Å². The van der Waals surface area contributed by atoms with Crippen molar-refractivity contribution in [3.63, 3.8) is 0 Å². The lowest BCUT2D eigenvalue weighted by Crippen LogP contribution is -2.12. The molecule has 0 amide bonds. The Balaban J connectivity index is 2.68. The van der Waals surface area contributed by atoms with Crippen LogP contribution < -0.4 is 0 Å². The standard InChI is InChI=1S/C11H11F3N2/c1-7(2)9-6-8-4-3-5-10(11(12,13)14)16(8)15-9/h3-7H,1-2H3. The molecule has 0 radical (unpaired) electrons. The largest absolute Gasteiger partial charge is 0.433 e. The monoisotopic (exact) mass is 228 g/mol. The zero-order valence-electron chi connectivity index (χ0n) is 8.92. The second kappa shape index (κ2) is 3.50. The Labute approximate surface area is 90.7 Å². The predicted octanol–water partition coefficient (Wildman–Crippen LogP) is 3.48. The molecule has 2 rings (SSSR count). The van der Waals surface area contributed by atoms with Gasteiger partial charge in [-0.3, -0.25) is 0 Å². The third-order valence-corrected chi connectivity index (χ3v) is 2.39. The number of aromatic nitrogens is 2. The zero-order chi connectivity index (χ0) is 11.9. The minimum Gasteiger partial charge on any atom is -0.228 e. The van der Waals surface area contributed by atoms with E-state index in [1.165, 1.54) is 6.07 Å². The molecule has 16 heavy (non-hydrogen) atoms. The van der Waals surface area contributed by atoms with Crippen molar-refractivity contribution in [3.05, 3.63) is 35.7 Å². The number of halogens is 3. The van der Waals surface area contributed by atoms with Crippen LogP contribution in [0.3, 0.4) is 0 Å². The Morgan fingerprint density at radius 1 is 1.25 bits per heavy atom. The smallest absolute Gasteiger partial charge is 0.228 e. The highest BCUT2D eigenvalue weighted by Crippen LogP contribution is 2.30. The van der Waals surface area contributed by atoms with Crippen LogP contribution in [0.2, 0.25) is 0 Å². The summed E-state index contributed by atoms with van der Waals surface area (Å²) in [4.78, 5) is 0. The molecule has 0 bridgehead atoms. The molecule has 0 aromatic carbocycles. The van der Waals surface area contributed by atoms with Gasteiger partial charge in [0.15, 0.2) is 0 Å². The highest BCUT2D eigenvalue weighted by molar-refractivity contribution is 5.49. The van der Waals surface area contributed by atoms with Gasteiger partial charge in [0.25, 0.3) is 0 Å². The van der Waals surface area contributed by atoms with Gasteiger partial charge in [0.1, 0.15) is 5.69 Å². The number of alkyl halides is 3. The lowest BCUT2D eigenvalue weighted by atomic mass is 10.1. The maximum absolute atomic E-state index is 12.7. The number of nitrogens with zero attached hydrogens (tertiary/aromatic N) is 2. The summed E-state index contributed by atoms with van der Waals surface area (Å²) in [6.07, 6.45) is -4.38. The van der Waals surface area contributed by atoms with Crippen LogP contribution >= 0.6 is 0 Å². The summed E-state index contributed by atoms with van der Waals surface area (Å²) in [6, 6.07) is 5.72. The Bertz CT molecular complexity index is 511. The molecular weight excluding hydrogens is 217 g/mol. The third kappa shape index (κ3) is 1.77. The fourth-order valence-electron chi connectivity index (χ4n) is 1.53. The van der Waals surface area contributed by atoms with E-state index in [1.54, 1.807) is 12.1 Å². The fraction of sp³-hybridized carbons (Fsp3) is 0.364. The molecule has 2 nitrogen and oxygen atoms in total. The van der Waals surface area contributed by atoms with Crippen molar-refractivity contribution < 1.29 is 13.2 Å². The summed E-state index contributed by atoms with van der Waals surface area (Å²) < 4.78 is 39.0. The summed E-state index contributed by atoms with van der Waals surface area (Å²) >= 11 is 0. The second-order valence-corrected chi connectivity index (χ2v) is 3.97. The number of pyridine rings is 1. The van der Waals surface area contributed by atoms with Crippen molar-refractivity contribution in [1.82, 2.24) is 9.61 Å². The lowest BCUT2D eigenvalue weighted by Gasteiger charge is -2.08. The Kier molecular flexibility index (Phi) is 2.40. The Morgan fingerprint density at radius 2 is 1.94 bits per heavy atom. The van der Waals surface area contributed by atoms with E-state index >= 15 is 0 Å². The molecule has 0 aliphatic rings. The number of hydrogen-bond donors (Lipinski definition) is 0. The van der Waals surface area contributed by atoms with E-state index in [9.17, 15) is 13.2 Å². The van der Waals surface area contributed by atoms with Gasteiger partial charge in [-0.05, 0) is 24.1 Å². The van der Waals surface area contributed by atoms with E-state index in [2.05, 4.69) is 5.10 Å². The molecule has 0 aliphatic carbocycles. The average molecular weight is 228 g/mol. The first-order valence-corrected chi connectivity index (χ1v) is 4.95. The minimum absolute atomic E-state index is 0.112. The normalized spacial score (nSPS) is 12.6. The van der Waals surface area contributed by atoms with E-state index in [-0.39, 0.29) is 5.92 Å². The van der Waals surface area contributed by atoms with Crippen LogP contribution in [0, 0.1) is 0 Å². The summed E-state index contributed by atoms with van der Waals surface area (Å²) in [7, 11) is 0. The maximum Gasteiger partial charge on any atom is 0.433 e. The molecule has 2 aromatic heterocycles. The summed E-state index contributed by atoms with van der Waals surface area (Å²) in [6.45, 7) is 3.80. The van der Waals surface area contributed by atoms with E-state index in [4.69, 9.17) is 0 Å². The fourth-order valence-corrected chi connectivity index (χ4v) is 1.53. The third-order valence-electron chi connectivity index (χ3n) is 2.39. The van der Waals surface area contributed by atoms with Crippen LogP contribution in [0.25, 0.3) is 5.52 Å². The predicted molar refractivity (Wildman–Crippen MR) is 54.3 cm³/mol. The van der Waals surface area contributed by atoms with Crippen LogP contribution in [0.15, 0.2) is 24.3 Å². The van der Waals surface area contributed by atoms with Gasteiger partial charge in [-0.15, -0.1) is 0 Å². The molecule has 2 heterocycles. The summed E-state index contributed by atoms with van der Waals surface area (Å²) in [5.74, 6) is 0.112. The molecule has 0 unspecified atom stereocenters. The zero-order valence-corrected chi connectivity index (χ0v) is 8.92. The Hall–Kier alpha value is -1.52. The van der Waals surface area contributed by atoms with Gasteiger partial charge in [-0.2, -0.15) is 18.3 Å². The van der Waals surface area contributed by atoms with Gasteiger partial charge in [0.05, 0.1) is 11.2 Å². The van der Waals surface area contributed by atoms with Crippen molar-refractivity contribution in [2.45, 2.75) is 25.9 Å². The van der Waals surface area contributed by atoms with Crippen molar-refractivity contribution in [3.8, 4) is 0 Å². The SMILES string of the molecule is CC(C)c1cc2cccc(C(F)(F)F)n2n1. The van der Waals surface area contributed by atoms with Crippen LogP contribution in [0.5, 0.6) is 0 Å². The van der Waals surface area contributed by atoms with E-state index in [0.717, 1.165) is 10.6 Å². The molecule has 0 atom stereocenters. The molecule has 0 fully saturated rings. The summed E-state index contributed by atoms with van der Waals surface area (Å²) in [5.41, 5.74) is 0.395. The minimum atomic E-state index is -4.38. The molecule has 0 N–H and O–H groups in total. The topological polar surface area (TPSA) is 17.3 Å². The molecule has 5 heteroatoms. The first-order chi connectivity index (χ1) is 7.39. The van der Waals surface area contributed by atoms with E-state index in [1.807, 2.05) is 13.8 Å². The molecule has 2 aromatic rings. The van der Waals surface area contributed by atoms with Crippen LogP contribution in [0.4, 0.5) is 13.2 Å². The second-order valence-electron chi connectivity index (χ2n) is 3.97. The van der Waals surface area contributed by atoms with Crippen molar-refractivity contribution in [2.24, 2.45) is 0 Å². The van der Waals surface area contributed by atoms with Gasteiger partial charge in [0, 0.05) is 0 Å². The maximum atomic E-state index is 12.7. The molecule has 0 aliphatic heterocycles. The number of rotatable bonds is 1. The number of hydrogen-bond acceptors (Lipinski definition) is 1. The van der Waals surface area contributed by atoms with Gasteiger partial charge in [-0.25, -0.2) is 4.52 Å². The first kappa shape index (κ1) is 11.0. The molecular formula is C11H11F3N2. The van der Waals surface area contributed by atoms with Crippen molar-refractivity contribution in [1.29, 1.82) is 0 Å². The quantitative estimate of drug-likeness (QED) is 0.730. The van der Waals surface area contributed by atoms with Gasteiger partial charge in [-0.1, -0.05) is 19.9 Å². The molecule has 0 spiro atoms. The number of fused-ring (bicyclic) bond motifs is 1. The van der Waals surface area contributed by atoms with Gasteiger partial charge in [0.2, 0.25) is 0 Å². The van der Waals surface area contributed by atoms with Crippen LogP contribution in [-0.4, -0.2) is 9.61 Å². The average Bonchev–Trinajstić information content (AvgIpc) is 2.58. The molecule has 0 saturated heterocycles.